The van der Waals surface area contributed by atoms with Gasteiger partial charge in [-0.3, -0.25) is 4.79 Å². The summed E-state index contributed by atoms with van der Waals surface area (Å²) in [6, 6.07) is 9.07. The fraction of sp³-hybridized carbons (Fsp3) is 0.625. The topological polar surface area (TPSA) is 61.4 Å². The van der Waals surface area contributed by atoms with E-state index in [4.69, 9.17) is 4.98 Å². The van der Waals surface area contributed by atoms with Crippen molar-refractivity contribution in [2.75, 3.05) is 31.1 Å². The van der Waals surface area contributed by atoms with Gasteiger partial charge in [0.2, 0.25) is 11.0 Å². The number of piperidine rings is 1. The van der Waals surface area contributed by atoms with Crippen molar-refractivity contribution in [1.82, 2.24) is 19.6 Å². The number of nitrogens with one attached hydrogen (secondary N) is 1. The van der Waals surface area contributed by atoms with Crippen LogP contribution >= 0.6 is 11.5 Å². The third-order valence-electron chi connectivity index (χ3n) is 6.60. The van der Waals surface area contributed by atoms with Gasteiger partial charge in [0.15, 0.2) is 0 Å². The molecule has 6 nitrogen and oxygen atoms in total. The Bertz CT molecular complexity index is 852. The molecule has 31 heavy (non-hydrogen) atoms. The summed E-state index contributed by atoms with van der Waals surface area (Å²) in [5.74, 6) is 0.977. The van der Waals surface area contributed by atoms with Crippen molar-refractivity contribution in [2.45, 2.75) is 70.9 Å². The number of aromatic nitrogens is 2. The summed E-state index contributed by atoms with van der Waals surface area (Å²) < 4.78 is 4.56. The maximum absolute atomic E-state index is 12.9. The summed E-state index contributed by atoms with van der Waals surface area (Å²) in [6.07, 6.45) is 7.62. The molecule has 7 heteroatoms. The normalized spacial score (nSPS) is 22.1. The van der Waals surface area contributed by atoms with Crippen molar-refractivity contribution in [2.24, 2.45) is 0 Å². The van der Waals surface area contributed by atoms with E-state index in [2.05, 4.69) is 57.6 Å². The minimum atomic E-state index is -0.117. The first-order valence-corrected chi connectivity index (χ1v) is 12.5. The van der Waals surface area contributed by atoms with Crippen molar-refractivity contribution in [3.63, 3.8) is 0 Å². The predicted molar refractivity (Wildman–Crippen MR) is 127 cm³/mol. The minimum absolute atomic E-state index is 0.117. The minimum Gasteiger partial charge on any atom is -0.354 e. The molecule has 1 amide bonds. The van der Waals surface area contributed by atoms with Crippen LogP contribution in [0.15, 0.2) is 24.3 Å². The summed E-state index contributed by atoms with van der Waals surface area (Å²) in [5, 5.41) is 4.06. The van der Waals surface area contributed by atoms with E-state index in [1.807, 2.05) is 0 Å². The molecule has 0 saturated carbocycles. The molecule has 1 aromatic heterocycles. The van der Waals surface area contributed by atoms with Crippen LogP contribution in [0.1, 0.15) is 62.4 Å². The van der Waals surface area contributed by atoms with Gasteiger partial charge in [0.05, 0.1) is 0 Å². The van der Waals surface area contributed by atoms with Crippen LogP contribution in [0.25, 0.3) is 0 Å². The first kappa shape index (κ1) is 22.2. The van der Waals surface area contributed by atoms with Crippen LogP contribution in [0.2, 0.25) is 0 Å². The van der Waals surface area contributed by atoms with Crippen LogP contribution in [-0.4, -0.2) is 58.4 Å². The van der Waals surface area contributed by atoms with E-state index < -0.39 is 0 Å². The van der Waals surface area contributed by atoms with Crippen LogP contribution in [0.3, 0.4) is 0 Å². The van der Waals surface area contributed by atoms with Crippen LogP contribution in [0.4, 0.5) is 5.13 Å². The van der Waals surface area contributed by atoms with Crippen molar-refractivity contribution in [1.29, 1.82) is 0 Å². The molecule has 2 aliphatic heterocycles. The van der Waals surface area contributed by atoms with Crippen LogP contribution in [0, 0.1) is 6.92 Å². The Hall–Kier alpha value is -1.99. The lowest BCUT2D eigenvalue weighted by Gasteiger charge is -2.33. The quantitative estimate of drug-likeness (QED) is 0.632. The van der Waals surface area contributed by atoms with Crippen LogP contribution in [-0.2, 0) is 11.2 Å². The van der Waals surface area contributed by atoms with Gasteiger partial charge in [-0.25, -0.2) is 4.98 Å². The van der Waals surface area contributed by atoms with Gasteiger partial charge in [-0.2, -0.15) is 4.37 Å². The number of hydrogen-bond donors (Lipinski definition) is 1. The van der Waals surface area contributed by atoms with Gasteiger partial charge in [0.1, 0.15) is 11.9 Å². The SMILES string of the molecule is Cc1ccc(Cc2nsc(N3CCCC3C(=O)NCCCN3CCCCC3C)n2)cc1. The highest BCUT2D eigenvalue weighted by atomic mass is 32.1. The van der Waals surface area contributed by atoms with E-state index >= 15 is 0 Å². The fourth-order valence-electron chi connectivity index (χ4n) is 4.69. The molecule has 0 bridgehead atoms. The highest BCUT2D eigenvalue weighted by Crippen LogP contribution is 2.28. The summed E-state index contributed by atoms with van der Waals surface area (Å²) in [5.41, 5.74) is 2.47. The second-order valence-corrected chi connectivity index (χ2v) is 9.76. The number of anilines is 1. The average molecular weight is 442 g/mol. The smallest absolute Gasteiger partial charge is 0.242 e. The molecule has 2 saturated heterocycles. The molecular formula is C24H35N5OS. The number of carbonyl (C=O) groups excluding carboxylic acids is 1. The lowest BCUT2D eigenvalue weighted by molar-refractivity contribution is -0.122. The molecule has 2 unspecified atom stereocenters. The van der Waals surface area contributed by atoms with E-state index in [1.165, 1.54) is 48.5 Å². The van der Waals surface area contributed by atoms with Crippen molar-refractivity contribution in [3.8, 4) is 0 Å². The highest BCUT2D eigenvalue weighted by Gasteiger charge is 2.32. The molecule has 2 atom stereocenters. The van der Waals surface area contributed by atoms with Crippen molar-refractivity contribution in [3.05, 3.63) is 41.2 Å². The van der Waals surface area contributed by atoms with E-state index in [0.29, 0.717) is 6.04 Å². The van der Waals surface area contributed by atoms with E-state index in [1.54, 1.807) is 0 Å². The van der Waals surface area contributed by atoms with Crippen molar-refractivity contribution < 1.29 is 4.79 Å². The van der Waals surface area contributed by atoms with Gasteiger partial charge in [0.25, 0.3) is 0 Å². The van der Waals surface area contributed by atoms with Crippen LogP contribution < -0.4 is 10.2 Å². The van der Waals surface area contributed by atoms with Crippen LogP contribution in [0.5, 0.6) is 0 Å². The Morgan fingerprint density at radius 1 is 1.16 bits per heavy atom. The molecule has 0 radical (unpaired) electrons. The Balaban J connectivity index is 1.27. The average Bonchev–Trinajstić information content (AvgIpc) is 3.43. The fourth-order valence-corrected chi connectivity index (χ4v) is 5.45. The van der Waals surface area contributed by atoms with Crippen molar-refractivity contribution >= 4 is 22.6 Å². The van der Waals surface area contributed by atoms with Gasteiger partial charge in [-0.05, 0) is 58.1 Å². The molecule has 1 N–H and O–H groups in total. The Morgan fingerprint density at radius 2 is 2.00 bits per heavy atom. The molecule has 4 rings (SSSR count). The Morgan fingerprint density at radius 3 is 2.81 bits per heavy atom. The lowest BCUT2D eigenvalue weighted by Crippen LogP contribution is -2.44. The lowest BCUT2D eigenvalue weighted by atomic mass is 10.0. The maximum atomic E-state index is 12.9. The molecule has 0 aliphatic carbocycles. The molecule has 0 spiro atoms. The number of hydrogen-bond acceptors (Lipinski definition) is 6. The second-order valence-electron chi connectivity index (χ2n) is 9.03. The third-order valence-corrected chi connectivity index (χ3v) is 7.39. The molecule has 2 fully saturated rings. The molecule has 2 aromatic rings. The first-order valence-electron chi connectivity index (χ1n) is 11.8. The number of nitrogens with zero attached hydrogens (tertiary/aromatic N) is 4. The zero-order chi connectivity index (χ0) is 21.6. The summed E-state index contributed by atoms with van der Waals surface area (Å²) >= 11 is 1.42. The summed E-state index contributed by atoms with van der Waals surface area (Å²) in [4.78, 5) is 22.3. The Labute approximate surface area is 190 Å². The number of amides is 1. The molecule has 2 aliphatic rings. The summed E-state index contributed by atoms with van der Waals surface area (Å²) in [7, 11) is 0. The predicted octanol–water partition coefficient (Wildman–Crippen LogP) is 3.79. The zero-order valence-corrected chi connectivity index (χ0v) is 19.7. The number of carbonyl (C=O) groups is 1. The molecule has 168 valence electrons. The largest absolute Gasteiger partial charge is 0.354 e. The van der Waals surface area contributed by atoms with Gasteiger partial charge in [-0.15, -0.1) is 0 Å². The van der Waals surface area contributed by atoms with Gasteiger partial charge < -0.3 is 15.1 Å². The van der Waals surface area contributed by atoms with E-state index in [-0.39, 0.29) is 11.9 Å². The standard InChI is InChI=1S/C24H35N5OS/c1-18-9-11-20(12-10-18)17-22-26-24(31-27-22)29-16-5-8-21(29)23(30)25-13-6-15-28-14-4-3-7-19(28)2/h9-12,19,21H,3-8,13-17H2,1-2H3,(H,25,30). The summed E-state index contributed by atoms with van der Waals surface area (Å²) in [6.45, 7) is 8.32. The zero-order valence-electron chi connectivity index (χ0n) is 18.8. The highest BCUT2D eigenvalue weighted by molar-refractivity contribution is 7.09. The number of rotatable bonds is 8. The molecular weight excluding hydrogens is 406 g/mol. The van der Waals surface area contributed by atoms with Gasteiger partial charge >= 0.3 is 0 Å². The van der Waals surface area contributed by atoms with E-state index in [9.17, 15) is 4.79 Å². The number of aryl methyl sites for hydroxylation is 1. The number of likely N-dealkylation sites (tertiary alicyclic amines) is 1. The maximum Gasteiger partial charge on any atom is 0.242 e. The number of benzene rings is 1. The van der Waals surface area contributed by atoms with Gasteiger partial charge in [0, 0.05) is 43.6 Å². The molecule has 3 heterocycles. The van der Waals surface area contributed by atoms with E-state index in [0.717, 1.165) is 56.3 Å². The monoisotopic (exact) mass is 441 g/mol. The molecule has 1 aromatic carbocycles. The third kappa shape index (κ3) is 5.83. The second kappa shape index (κ2) is 10.6. The first-order chi connectivity index (χ1) is 15.1. The Kier molecular flexibility index (Phi) is 7.56. The van der Waals surface area contributed by atoms with Gasteiger partial charge in [-0.1, -0.05) is 36.2 Å².